The molecular formula is C15H23BrO2. The highest BCUT2D eigenvalue weighted by atomic mass is 79.9. The van der Waals surface area contributed by atoms with Crippen LogP contribution in [0.3, 0.4) is 0 Å². The molecule has 0 N–H and O–H groups in total. The fraction of sp³-hybridized carbons (Fsp3) is 0.600. The minimum absolute atomic E-state index is 0.298. The second-order valence-electron chi connectivity index (χ2n) is 4.98. The Morgan fingerprint density at radius 1 is 1.17 bits per heavy atom. The normalized spacial score (nSPS) is 14.8. The predicted molar refractivity (Wildman–Crippen MR) is 79.5 cm³/mol. The molecule has 102 valence electrons. The van der Waals surface area contributed by atoms with Gasteiger partial charge in [-0.1, -0.05) is 54.0 Å². The topological polar surface area (TPSA) is 18.5 Å². The summed E-state index contributed by atoms with van der Waals surface area (Å²) in [6, 6.07) is 8.67. The van der Waals surface area contributed by atoms with Crippen LogP contribution in [0.15, 0.2) is 24.3 Å². The van der Waals surface area contributed by atoms with Gasteiger partial charge < -0.3 is 9.47 Å². The van der Waals surface area contributed by atoms with Crippen molar-refractivity contribution in [1.29, 1.82) is 0 Å². The Hall–Kier alpha value is -0.380. The fourth-order valence-corrected chi connectivity index (χ4v) is 2.26. The van der Waals surface area contributed by atoms with Gasteiger partial charge in [0.15, 0.2) is 0 Å². The van der Waals surface area contributed by atoms with Crippen molar-refractivity contribution in [2.75, 3.05) is 25.7 Å². The van der Waals surface area contributed by atoms with E-state index in [1.807, 2.05) is 0 Å². The number of hydrogen-bond donors (Lipinski definition) is 0. The first-order chi connectivity index (χ1) is 8.53. The molecule has 0 amide bonds. The first-order valence-corrected chi connectivity index (χ1v) is 7.45. The van der Waals surface area contributed by atoms with Crippen LogP contribution in [0.2, 0.25) is 0 Å². The van der Waals surface area contributed by atoms with Crippen molar-refractivity contribution in [3.8, 4) is 0 Å². The standard InChI is InChI=1S/C15H23BrO2/c1-12(2)13-5-7-14(8-6-13)15(3,11-16)18-10-9-17-4/h5-8,12H,9-11H2,1-4H3. The van der Waals surface area contributed by atoms with Gasteiger partial charge in [0.25, 0.3) is 0 Å². The Morgan fingerprint density at radius 3 is 2.22 bits per heavy atom. The lowest BCUT2D eigenvalue weighted by atomic mass is 9.94. The van der Waals surface area contributed by atoms with E-state index < -0.39 is 0 Å². The molecule has 1 atom stereocenters. The predicted octanol–water partition coefficient (Wildman–Crippen LogP) is 4.08. The van der Waals surface area contributed by atoms with Gasteiger partial charge in [-0.25, -0.2) is 0 Å². The van der Waals surface area contributed by atoms with Crippen LogP contribution < -0.4 is 0 Å². The van der Waals surface area contributed by atoms with E-state index >= 15 is 0 Å². The van der Waals surface area contributed by atoms with Gasteiger partial charge in [-0.15, -0.1) is 0 Å². The van der Waals surface area contributed by atoms with Gasteiger partial charge >= 0.3 is 0 Å². The van der Waals surface area contributed by atoms with E-state index in [2.05, 4.69) is 61.0 Å². The quantitative estimate of drug-likeness (QED) is 0.557. The van der Waals surface area contributed by atoms with Crippen LogP contribution in [-0.4, -0.2) is 25.7 Å². The Kier molecular flexibility index (Phi) is 6.33. The van der Waals surface area contributed by atoms with Gasteiger partial charge in [-0.2, -0.15) is 0 Å². The van der Waals surface area contributed by atoms with Gasteiger partial charge in [0.1, 0.15) is 5.60 Å². The highest BCUT2D eigenvalue weighted by Gasteiger charge is 2.26. The Bertz CT molecular complexity index is 348. The van der Waals surface area contributed by atoms with Crippen LogP contribution in [0.4, 0.5) is 0 Å². The minimum Gasteiger partial charge on any atom is -0.382 e. The second-order valence-corrected chi connectivity index (χ2v) is 5.54. The number of ether oxygens (including phenoxy) is 2. The van der Waals surface area contributed by atoms with Crippen molar-refractivity contribution in [2.45, 2.75) is 32.3 Å². The maximum atomic E-state index is 5.93. The maximum Gasteiger partial charge on any atom is 0.100 e. The zero-order valence-electron chi connectivity index (χ0n) is 11.7. The highest BCUT2D eigenvalue weighted by molar-refractivity contribution is 9.09. The van der Waals surface area contributed by atoms with Crippen molar-refractivity contribution in [3.05, 3.63) is 35.4 Å². The average Bonchev–Trinajstić information content (AvgIpc) is 2.39. The molecule has 0 heterocycles. The van der Waals surface area contributed by atoms with Crippen molar-refractivity contribution in [3.63, 3.8) is 0 Å². The number of hydrogen-bond acceptors (Lipinski definition) is 2. The Balaban J connectivity index is 2.80. The minimum atomic E-state index is -0.298. The molecule has 1 aromatic carbocycles. The summed E-state index contributed by atoms with van der Waals surface area (Å²) in [6.45, 7) is 7.72. The Morgan fingerprint density at radius 2 is 1.78 bits per heavy atom. The first kappa shape index (κ1) is 15.7. The molecule has 1 aromatic rings. The van der Waals surface area contributed by atoms with Crippen LogP contribution >= 0.6 is 15.9 Å². The highest BCUT2D eigenvalue weighted by Crippen LogP contribution is 2.28. The molecule has 0 aromatic heterocycles. The van der Waals surface area contributed by atoms with Gasteiger partial charge in [-0.05, 0) is 24.0 Å². The first-order valence-electron chi connectivity index (χ1n) is 6.33. The molecule has 1 unspecified atom stereocenters. The molecule has 0 spiro atoms. The number of benzene rings is 1. The van der Waals surface area contributed by atoms with E-state index in [9.17, 15) is 0 Å². The van der Waals surface area contributed by atoms with Gasteiger partial charge in [0.05, 0.1) is 13.2 Å². The van der Waals surface area contributed by atoms with E-state index in [0.29, 0.717) is 19.1 Å². The second kappa shape index (κ2) is 7.27. The van der Waals surface area contributed by atoms with Gasteiger partial charge in [0, 0.05) is 12.4 Å². The SMILES string of the molecule is COCCOC(C)(CBr)c1ccc(C(C)C)cc1. The van der Waals surface area contributed by atoms with Crippen molar-refractivity contribution in [2.24, 2.45) is 0 Å². The van der Waals surface area contributed by atoms with E-state index in [-0.39, 0.29) is 5.60 Å². The number of halogens is 1. The van der Waals surface area contributed by atoms with Crippen LogP contribution in [-0.2, 0) is 15.1 Å². The molecule has 0 aliphatic heterocycles. The lowest BCUT2D eigenvalue weighted by molar-refractivity contribution is -0.0390. The summed E-state index contributed by atoms with van der Waals surface area (Å²) >= 11 is 3.54. The smallest absolute Gasteiger partial charge is 0.100 e. The lowest BCUT2D eigenvalue weighted by Crippen LogP contribution is -2.29. The van der Waals surface area contributed by atoms with Gasteiger partial charge in [-0.3, -0.25) is 0 Å². The number of alkyl halides is 1. The molecule has 2 nitrogen and oxygen atoms in total. The molecule has 3 heteroatoms. The third kappa shape index (κ3) is 4.08. The van der Waals surface area contributed by atoms with Crippen molar-refractivity contribution >= 4 is 15.9 Å². The summed E-state index contributed by atoms with van der Waals surface area (Å²) < 4.78 is 11.0. The molecule has 0 saturated heterocycles. The summed E-state index contributed by atoms with van der Waals surface area (Å²) in [5.74, 6) is 0.559. The molecule has 0 bridgehead atoms. The zero-order valence-corrected chi connectivity index (χ0v) is 13.3. The van der Waals surface area contributed by atoms with E-state index in [4.69, 9.17) is 9.47 Å². The summed E-state index contributed by atoms with van der Waals surface area (Å²) in [7, 11) is 1.69. The molecular weight excluding hydrogens is 292 g/mol. The Labute approximate surface area is 119 Å². The third-order valence-corrected chi connectivity index (χ3v) is 4.22. The fourth-order valence-electron chi connectivity index (χ4n) is 1.77. The molecule has 0 aliphatic carbocycles. The number of methoxy groups -OCH3 is 1. The van der Waals surface area contributed by atoms with E-state index in [1.165, 1.54) is 11.1 Å². The molecule has 0 aliphatic rings. The van der Waals surface area contributed by atoms with Crippen LogP contribution in [0.5, 0.6) is 0 Å². The molecule has 18 heavy (non-hydrogen) atoms. The monoisotopic (exact) mass is 314 g/mol. The average molecular weight is 315 g/mol. The maximum absolute atomic E-state index is 5.93. The summed E-state index contributed by atoms with van der Waals surface area (Å²) in [5, 5.41) is 0.769. The van der Waals surface area contributed by atoms with Crippen LogP contribution in [0.25, 0.3) is 0 Å². The summed E-state index contributed by atoms with van der Waals surface area (Å²) in [6.07, 6.45) is 0. The molecule has 0 radical (unpaired) electrons. The molecule has 0 saturated carbocycles. The van der Waals surface area contributed by atoms with Crippen LogP contribution in [0.1, 0.15) is 37.8 Å². The van der Waals surface area contributed by atoms with Gasteiger partial charge in [0.2, 0.25) is 0 Å². The number of rotatable bonds is 7. The molecule has 1 rings (SSSR count). The third-order valence-electron chi connectivity index (χ3n) is 3.15. The van der Waals surface area contributed by atoms with E-state index in [1.54, 1.807) is 7.11 Å². The lowest BCUT2D eigenvalue weighted by Gasteiger charge is -2.28. The summed E-state index contributed by atoms with van der Waals surface area (Å²) in [4.78, 5) is 0. The van der Waals surface area contributed by atoms with Crippen molar-refractivity contribution < 1.29 is 9.47 Å². The zero-order chi connectivity index (χ0) is 13.6. The largest absolute Gasteiger partial charge is 0.382 e. The van der Waals surface area contributed by atoms with Crippen molar-refractivity contribution in [1.82, 2.24) is 0 Å². The summed E-state index contributed by atoms with van der Waals surface area (Å²) in [5.41, 5.74) is 2.25. The molecule has 0 fully saturated rings. The van der Waals surface area contributed by atoms with E-state index in [0.717, 1.165) is 5.33 Å². The van der Waals surface area contributed by atoms with Crippen LogP contribution in [0, 0.1) is 0 Å².